The summed E-state index contributed by atoms with van der Waals surface area (Å²) in [4.78, 5) is 28.0. The van der Waals surface area contributed by atoms with Crippen molar-refractivity contribution in [3.05, 3.63) is 57.7 Å². The third kappa shape index (κ3) is 6.72. The van der Waals surface area contributed by atoms with Crippen molar-refractivity contribution in [2.24, 2.45) is 0 Å². The van der Waals surface area contributed by atoms with Crippen LogP contribution in [0, 0.1) is 15.9 Å². The molecule has 1 aromatic heterocycles. The molecule has 3 N–H and O–H groups in total. The number of aliphatic hydroxyl groups is 1. The van der Waals surface area contributed by atoms with Gasteiger partial charge < -0.3 is 30.3 Å². The van der Waals surface area contributed by atoms with Gasteiger partial charge in [-0.1, -0.05) is 0 Å². The van der Waals surface area contributed by atoms with Gasteiger partial charge in [-0.25, -0.2) is 14.4 Å². The molecule has 0 saturated heterocycles. The minimum Gasteiger partial charge on any atom is -0.494 e. The molecule has 214 valence electrons. The summed E-state index contributed by atoms with van der Waals surface area (Å²) in [5.74, 6) is 0.412. The molecule has 40 heavy (non-hydrogen) atoms. The van der Waals surface area contributed by atoms with Gasteiger partial charge in [0.25, 0.3) is 5.69 Å². The fourth-order valence-electron chi connectivity index (χ4n) is 4.31. The number of nitro groups is 1. The topological polar surface area (TPSA) is 142 Å². The Bertz CT molecular complexity index is 1390. The molecule has 12 nitrogen and oxygen atoms in total. The van der Waals surface area contributed by atoms with Gasteiger partial charge in [-0.05, 0) is 64.4 Å². The van der Waals surface area contributed by atoms with E-state index in [1.54, 1.807) is 37.9 Å². The molecule has 4 rings (SSSR count). The zero-order valence-corrected chi connectivity index (χ0v) is 23.5. The van der Waals surface area contributed by atoms with Crippen molar-refractivity contribution in [1.82, 2.24) is 19.9 Å². The third-order valence-electron chi connectivity index (χ3n) is 6.67. The molecular formula is C27H35FN8O4. The number of likely N-dealkylation sites (N-methyl/N-ethyl adjacent to an activating group) is 2. The lowest BCUT2D eigenvalue weighted by Gasteiger charge is -2.23. The van der Waals surface area contributed by atoms with Gasteiger partial charge in [-0.2, -0.15) is 4.98 Å². The number of nitrogens with zero attached hydrogens (tertiary/aromatic N) is 6. The van der Waals surface area contributed by atoms with Crippen LogP contribution >= 0.6 is 0 Å². The number of anilines is 5. The Morgan fingerprint density at radius 2 is 1.75 bits per heavy atom. The Morgan fingerprint density at radius 3 is 2.30 bits per heavy atom. The van der Waals surface area contributed by atoms with E-state index < -0.39 is 10.5 Å². The highest BCUT2D eigenvalue weighted by Crippen LogP contribution is 2.44. The maximum Gasteiger partial charge on any atom is 0.294 e. The number of hydrogen-bond acceptors (Lipinski definition) is 11. The van der Waals surface area contributed by atoms with Crippen LogP contribution in [0.2, 0.25) is 0 Å². The van der Waals surface area contributed by atoms with E-state index in [0.29, 0.717) is 47.0 Å². The molecule has 3 aromatic rings. The highest BCUT2D eigenvalue weighted by atomic mass is 19.1. The van der Waals surface area contributed by atoms with Crippen molar-refractivity contribution in [3.8, 4) is 5.75 Å². The lowest BCUT2D eigenvalue weighted by atomic mass is 9.93. The molecule has 0 atom stereocenters. The molecule has 0 bridgehead atoms. The molecule has 0 unspecified atom stereocenters. The van der Waals surface area contributed by atoms with Crippen LogP contribution < -0.4 is 20.3 Å². The number of nitrogens with one attached hydrogen (secondary N) is 2. The lowest BCUT2D eigenvalue weighted by Crippen LogP contribution is -2.29. The predicted octanol–water partition coefficient (Wildman–Crippen LogP) is 4.52. The van der Waals surface area contributed by atoms with Crippen LogP contribution in [-0.4, -0.2) is 71.2 Å². The van der Waals surface area contributed by atoms with Gasteiger partial charge in [0.1, 0.15) is 23.6 Å². The lowest BCUT2D eigenvalue weighted by molar-refractivity contribution is -0.384. The number of methoxy groups -OCH3 is 1. The van der Waals surface area contributed by atoms with Gasteiger partial charge in [0.2, 0.25) is 11.9 Å². The van der Waals surface area contributed by atoms with Gasteiger partial charge in [0.15, 0.2) is 0 Å². The number of aromatic nitrogens is 3. The Morgan fingerprint density at radius 1 is 1.10 bits per heavy atom. The van der Waals surface area contributed by atoms with E-state index in [9.17, 15) is 19.6 Å². The SMILES string of the molecule is COc1cc(N(C)CCN(C)C)c([N+](=O)[O-])cc1Nc1ncnc(Nc2cc(C3CC3)c(F)cc2C(C)(C)O)n1. The summed E-state index contributed by atoms with van der Waals surface area (Å²) in [5, 5.41) is 28.7. The first-order chi connectivity index (χ1) is 18.9. The molecule has 1 aliphatic rings. The first-order valence-electron chi connectivity index (χ1n) is 12.9. The van der Waals surface area contributed by atoms with Crippen LogP contribution in [-0.2, 0) is 5.60 Å². The maximum atomic E-state index is 14.8. The molecule has 0 amide bonds. The van der Waals surface area contributed by atoms with Crippen LogP contribution in [0.5, 0.6) is 5.75 Å². The van der Waals surface area contributed by atoms with Crippen LogP contribution in [0.25, 0.3) is 0 Å². The van der Waals surface area contributed by atoms with Crippen LogP contribution in [0.4, 0.5) is 39.0 Å². The summed E-state index contributed by atoms with van der Waals surface area (Å²) in [7, 11) is 7.12. The third-order valence-corrected chi connectivity index (χ3v) is 6.67. The van der Waals surface area contributed by atoms with E-state index in [0.717, 1.165) is 12.8 Å². The maximum absolute atomic E-state index is 14.8. The Kier molecular flexibility index (Phi) is 8.35. The fourth-order valence-corrected chi connectivity index (χ4v) is 4.31. The van der Waals surface area contributed by atoms with Crippen LogP contribution in [0.3, 0.4) is 0 Å². The average molecular weight is 555 g/mol. The molecule has 1 heterocycles. The van der Waals surface area contributed by atoms with E-state index >= 15 is 0 Å². The summed E-state index contributed by atoms with van der Waals surface area (Å²) < 4.78 is 20.3. The van der Waals surface area contributed by atoms with Crippen molar-refractivity contribution >= 4 is 34.6 Å². The predicted molar refractivity (Wildman–Crippen MR) is 151 cm³/mol. The van der Waals surface area contributed by atoms with E-state index in [4.69, 9.17) is 4.74 Å². The highest BCUT2D eigenvalue weighted by Gasteiger charge is 2.30. The number of hydrogen-bond donors (Lipinski definition) is 3. The summed E-state index contributed by atoms with van der Waals surface area (Å²) in [6, 6.07) is 6.02. The Labute approximate surface area is 232 Å². The first kappa shape index (κ1) is 28.9. The normalized spacial score (nSPS) is 13.3. The molecule has 1 saturated carbocycles. The van der Waals surface area contributed by atoms with E-state index in [1.807, 2.05) is 19.0 Å². The second-order valence-corrected chi connectivity index (χ2v) is 10.7. The summed E-state index contributed by atoms with van der Waals surface area (Å²) in [6.07, 6.45) is 3.10. The Balaban J connectivity index is 1.64. The van der Waals surface area contributed by atoms with Gasteiger partial charge in [0.05, 0.1) is 23.3 Å². The number of ether oxygens (including phenoxy) is 1. The molecule has 13 heteroatoms. The minimum atomic E-state index is -1.33. The second-order valence-electron chi connectivity index (χ2n) is 10.7. The molecule has 0 aliphatic heterocycles. The molecule has 0 radical (unpaired) electrons. The van der Waals surface area contributed by atoms with Gasteiger partial charge in [-0.3, -0.25) is 10.1 Å². The van der Waals surface area contributed by atoms with Gasteiger partial charge in [0, 0.05) is 43.5 Å². The van der Waals surface area contributed by atoms with Crippen molar-refractivity contribution in [2.75, 3.05) is 56.9 Å². The van der Waals surface area contributed by atoms with E-state index in [1.165, 1.54) is 25.6 Å². The summed E-state index contributed by atoms with van der Waals surface area (Å²) in [6.45, 7) is 4.43. The number of halogens is 1. The van der Waals surface area contributed by atoms with Crippen LogP contribution in [0.15, 0.2) is 30.6 Å². The van der Waals surface area contributed by atoms with Gasteiger partial charge in [-0.15, -0.1) is 0 Å². The minimum absolute atomic E-state index is 0.105. The largest absolute Gasteiger partial charge is 0.494 e. The van der Waals surface area contributed by atoms with E-state index in [2.05, 4.69) is 25.6 Å². The number of rotatable bonds is 12. The molecule has 2 aromatic carbocycles. The zero-order chi connectivity index (χ0) is 29.2. The number of nitro benzene ring substituents is 1. The standard InChI is InChI=1S/C27H35FN8O4/c1-27(2,37)18-12-19(28)17(16-7-8-16)11-20(18)31-25-29-15-30-26(33-25)32-21-13-23(36(38)39)22(14-24(21)40-6)35(5)10-9-34(3)4/h11-16,37H,7-10H2,1-6H3,(H2,29,30,31,32,33). The second kappa shape index (κ2) is 11.6. The first-order valence-corrected chi connectivity index (χ1v) is 12.9. The molecule has 1 fully saturated rings. The quantitative estimate of drug-likeness (QED) is 0.215. The average Bonchev–Trinajstić information content (AvgIpc) is 3.73. The van der Waals surface area contributed by atoms with Crippen molar-refractivity contribution in [2.45, 2.75) is 38.2 Å². The van der Waals surface area contributed by atoms with E-state index in [-0.39, 0.29) is 29.3 Å². The zero-order valence-electron chi connectivity index (χ0n) is 23.5. The van der Waals surface area contributed by atoms with Crippen LogP contribution in [0.1, 0.15) is 43.7 Å². The van der Waals surface area contributed by atoms with Crippen molar-refractivity contribution in [1.29, 1.82) is 0 Å². The summed E-state index contributed by atoms with van der Waals surface area (Å²) in [5.41, 5.74) is 0.691. The van der Waals surface area contributed by atoms with Crippen molar-refractivity contribution in [3.63, 3.8) is 0 Å². The molecule has 1 aliphatic carbocycles. The molecular weight excluding hydrogens is 519 g/mol. The number of benzene rings is 2. The monoisotopic (exact) mass is 554 g/mol. The fraction of sp³-hybridized carbons (Fsp3) is 0.444. The Hall–Kier alpha value is -4.10. The van der Waals surface area contributed by atoms with Crippen molar-refractivity contribution < 1.29 is 19.2 Å². The van der Waals surface area contributed by atoms with Gasteiger partial charge >= 0.3 is 0 Å². The molecule has 0 spiro atoms. The smallest absolute Gasteiger partial charge is 0.294 e. The highest BCUT2D eigenvalue weighted by molar-refractivity contribution is 5.77. The summed E-state index contributed by atoms with van der Waals surface area (Å²) >= 11 is 0.